The van der Waals surface area contributed by atoms with Gasteiger partial charge in [0.25, 0.3) is 0 Å². The van der Waals surface area contributed by atoms with Crippen LogP contribution in [0, 0.1) is 23.7 Å². The second-order valence-electron chi connectivity index (χ2n) is 5.65. The van der Waals surface area contributed by atoms with Crippen LogP contribution in [0.1, 0.15) is 67.2 Å². The van der Waals surface area contributed by atoms with Crippen molar-refractivity contribution in [3.05, 3.63) is 0 Å². The Kier molecular flexibility index (Phi) is 7.31. The lowest BCUT2D eigenvalue weighted by atomic mass is 9.85. The molecular weight excluding hydrogens is 168 g/mol. The number of hydrogen-bond donors (Lipinski definition) is 0. The van der Waals surface area contributed by atoms with Crippen LogP contribution in [0.5, 0.6) is 0 Å². The molecule has 86 valence electrons. The fourth-order valence-corrected chi connectivity index (χ4v) is 1.80. The Bertz CT molecular complexity index is 126. The van der Waals surface area contributed by atoms with Crippen molar-refractivity contribution >= 4 is 0 Å². The second kappa shape index (κ2) is 7.31. The summed E-state index contributed by atoms with van der Waals surface area (Å²) in [6.45, 7) is 14.2. The average Bonchev–Trinajstić information content (AvgIpc) is 2.13. The molecule has 3 atom stereocenters. The van der Waals surface area contributed by atoms with Gasteiger partial charge in [0.05, 0.1) is 0 Å². The van der Waals surface area contributed by atoms with E-state index in [9.17, 15) is 0 Å². The van der Waals surface area contributed by atoms with Gasteiger partial charge < -0.3 is 0 Å². The van der Waals surface area contributed by atoms with Crippen LogP contribution in [-0.2, 0) is 0 Å². The fourth-order valence-electron chi connectivity index (χ4n) is 1.80. The molecule has 0 saturated carbocycles. The average molecular weight is 198 g/mol. The van der Waals surface area contributed by atoms with Crippen molar-refractivity contribution in [1.82, 2.24) is 0 Å². The van der Waals surface area contributed by atoms with Crippen molar-refractivity contribution < 1.29 is 0 Å². The summed E-state index contributed by atoms with van der Waals surface area (Å²) in [5.41, 5.74) is 0. The summed E-state index contributed by atoms with van der Waals surface area (Å²) in [6, 6.07) is 0. The summed E-state index contributed by atoms with van der Waals surface area (Å²) in [7, 11) is 0. The molecule has 0 saturated heterocycles. The first kappa shape index (κ1) is 14.0. The lowest BCUT2D eigenvalue weighted by molar-refractivity contribution is 0.305. The summed E-state index contributed by atoms with van der Waals surface area (Å²) in [6.07, 6.45) is 5.59. The molecule has 0 heterocycles. The van der Waals surface area contributed by atoms with E-state index >= 15 is 0 Å². The lowest BCUT2D eigenvalue weighted by Gasteiger charge is -2.21. The topological polar surface area (TPSA) is 0 Å². The maximum Gasteiger partial charge on any atom is -0.0417 e. The van der Waals surface area contributed by atoms with Gasteiger partial charge in [-0.3, -0.25) is 0 Å². The van der Waals surface area contributed by atoms with Crippen LogP contribution in [0.25, 0.3) is 0 Å². The zero-order valence-corrected chi connectivity index (χ0v) is 11.1. The van der Waals surface area contributed by atoms with Gasteiger partial charge in [-0.25, -0.2) is 0 Å². The molecule has 0 nitrogen and oxygen atoms in total. The van der Waals surface area contributed by atoms with Crippen LogP contribution in [-0.4, -0.2) is 0 Å². The second-order valence-corrected chi connectivity index (χ2v) is 5.65. The van der Waals surface area contributed by atoms with E-state index in [1.165, 1.54) is 25.7 Å². The molecule has 0 aromatic heterocycles. The van der Waals surface area contributed by atoms with Crippen LogP contribution >= 0.6 is 0 Å². The van der Waals surface area contributed by atoms with Crippen LogP contribution in [0.4, 0.5) is 0 Å². The van der Waals surface area contributed by atoms with Gasteiger partial charge in [-0.2, -0.15) is 0 Å². The van der Waals surface area contributed by atoms with E-state index in [1.807, 2.05) is 0 Å². The van der Waals surface area contributed by atoms with E-state index in [0.29, 0.717) is 0 Å². The van der Waals surface area contributed by atoms with Crippen molar-refractivity contribution in [2.45, 2.75) is 67.2 Å². The Morgan fingerprint density at radius 1 is 0.786 bits per heavy atom. The van der Waals surface area contributed by atoms with Crippen molar-refractivity contribution in [1.29, 1.82) is 0 Å². The van der Waals surface area contributed by atoms with Crippen LogP contribution in [0.15, 0.2) is 0 Å². The van der Waals surface area contributed by atoms with E-state index in [4.69, 9.17) is 0 Å². The molecule has 0 spiro atoms. The minimum atomic E-state index is 0.848. The SMILES string of the molecule is CCC(C)CCC(C)CC(C)C(C)C. The third kappa shape index (κ3) is 6.45. The van der Waals surface area contributed by atoms with Crippen LogP contribution < -0.4 is 0 Å². The minimum Gasteiger partial charge on any atom is -0.0651 e. The molecule has 3 unspecified atom stereocenters. The first-order chi connectivity index (χ1) is 6.47. The molecule has 0 aliphatic heterocycles. The summed E-state index contributed by atoms with van der Waals surface area (Å²) in [5.74, 6) is 3.58. The Hall–Kier alpha value is 0. The summed E-state index contributed by atoms with van der Waals surface area (Å²) < 4.78 is 0. The quantitative estimate of drug-likeness (QED) is 0.532. The fraction of sp³-hybridized carbons (Fsp3) is 1.00. The third-order valence-electron chi connectivity index (χ3n) is 3.76. The van der Waals surface area contributed by atoms with Crippen LogP contribution in [0.3, 0.4) is 0 Å². The number of hydrogen-bond acceptors (Lipinski definition) is 0. The standard InChI is InChI=1S/C14H30/c1-7-12(4)8-9-13(5)10-14(6)11(2)3/h11-14H,7-10H2,1-6H3. The molecule has 0 fully saturated rings. The van der Waals surface area contributed by atoms with E-state index in [0.717, 1.165) is 23.7 Å². The first-order valence-corrected chi connectivity index (χ1v) is 6.47. The van der Waals surface area contributed by atoms with Gasteiger partial charge in [-0.05, 0) is 30.1 Å². The zero-order chi connectivity index (χ0) is 11.1. The highest BCUT2D eigenvalue weighted by Crippen LogP contribution is 2.24. The molecule has 0 N–H and O–H groups in total. The van der Waals surface area contributed by atoms with E-state index < -0.39 is 0 Å². The van der Waals surface area contributed by atoms with Crippen molar-refractivity contribution in [3.8, 4) is 0 Å². The molecular formula is C14H30. The highest BCUT2D eigenvalue weighted by atomic mass is 14.2. The smallest absolute Gasteiger partial charge is 0.0417 e. The molecule has 14 heavy (non-hydrogen) atoms. The van der Waals surface area contributed by atoms with Crippen molar-refractivity contribution in [2.24, 2.45) is 23.7 Å². The highest BCUT2D eigenvalue weighted by molar-refractivity contribution is 4.64. The molecule has 0 aliphatic carbocycles. The molecule has 0 aromatic rings. The third-order valence-corrected chi connectivity index (χ3v) is 3.76. The Morgan fingerprint density at radius 2 is 1.29 bits per heavy atom. The largest absolute Gasteiger partial charge is 0.0651 e. The van der Waals surface area contributed by atoms with Gasteiger partial charge in [0.1, 0.15) is 0 Å². The normalized spacial score (nSPS) is 18.2. The first-order valence-electron chi connectivity index (χ1n) is 6.47. The Morgan fingerprint density at radius 3 is 1.71 bits per heavy atom. The lowest BCUT2D eigenvalue weighted by Crippen LogP contribution is -2.10. The molecule has 0 rings (SSSR count). The van der Waals surface area contributed by atoms with Gasteiger partial charge in [0.2, 0.25) is 0 Å². The maximum absolute atomic E-state index is 2.42. The Balaban J connectivity index is 3.59. The van der Waals surface area contributed by atoms with E-state index in [-0.39, 0.29) is 0 Å². The summed E-state index contributed by atoms with van der Waals surface area (Å²) >= 11 is 0. The van der Waals surface area contributed by atoms with Crippen molar-refractivity contribution in [3.63, 3.8) is 0 Å². The molecule has 0 radical (unpaired) electrons. The minimum absolute atomic E-state index is 0.848. The Labute approximate surface area is 91.5 Å². The predicted molar refractivity (Wildman–Crippen MR) is 66.5 cm³/mol. The molecule has 0 aliphatic rings. The maximum atomic E-state index is 2.42. The van der Waals surface area contributed by atoms with Gasteiger partial charge in [-0.1, -0.05) is 60.8 Å². The summed E-state index contributed by atoms with van der Waals surface area (Å²) in [4.78, 5) is 0. The van der Waals surface area contributed by atoms with Crippen LogP contribution in [0.2, 0.25) is 0 Å². The highest BCUT2D eigenvalue weighted by Gasteiger charge is 2.12. The summed E-state index contributed by atoms with van der Waals surface area (Å²) in [5, 5.41) is 0. The van der Waals surface area contributed by atoms with Gasteiger partial charge >= 0.3 is 0 Å². The monoisotopic (exact) mass is 198 g/mol. The van der Waals surface area contributed by atoms with Gasteiger partial charge in [0, 0.05) is 0 Å². The molecule has 0 heteroatoms. The van der Waals surface area contributed by atoms with E-state index in [1.54, 1.807) is 0 Å². The molecule has 0 aromatic carbocycles. The molecule has 0 amide bonds. The predicted octanol–water partition coefficient (Wildman–Crippen LogP) is 5.13. The molecule has 0 bridgehead atoms. The van der Waals surface area contributed by atoms with Crippen molar-refractivity contribution in [2.75, 3.05) is 0 Å². The number of rotatable bonds is 7. The zero-order valence-electron chi connectivity index (χ0n) is 11.1. The van der Waals surface area contributed by atoms with Gasteiger partial charge in [0.15, 0.2) is 0 Å². The van der Waals surface area contributed by atoms with Gasteiger partial charge in [-0.15, -0.1) is 0 Å². The van der Waals surface area contributed by atoms with E-state index in [2.05, 4.69) is 41.5 Å².